The van der Waals surface area contributed by atoms with E-state index in [0.29, 0.717) is 17.8 Å². The molecule has 0 aliphatic carbocycles. The molecule has 0 saturated carbocycles. The van der Waals surface area contributed by atoms with Gasteiger partial charge in [-0.15, -0.1) is 0 Å². The molecule has 5 nitrogen and oxygen atoms in total. The molecule has 2 aromatic rings. The van der Waals surface area contributed by atoms with E-state index in [1.165, 1.54) is 12.4 Å². The van der Waals surface area contributed by atoms with Gasteiger partial charge in [-0.3, -0.25) is 16.0 Å². The Morgan fingerprint density at radius 2 is 2.17 bits per heavy atom. The number of aromatic nitrogens is 3. The number of benzene rings is 1. The van der Waals surface area contributed by atoms with Crippen molar-refractivity contribution in [3.63, 3.8) is 0 Å². The summed E-state index contributed by atoms with van der Waals surface area (Å²) in [5.74, 6) is 4.35. The van der Waals surface area contributed by atoms with Gasteiger partial charge in [0.2, 0.25) is 0 Å². The van der Waals surface area contributed by atoms with Crippen molar-refractivity contribution < 1.29 is 8.78 Å². The average Bonchev–Trinajstić information content (AvgIpc) is 2.75. The van der Waals surface area contributed by atoms with Crippen LogP contribution in [0.2, 0.25) is 0 Å². The topological polar surface area (TPSA) is 68.8 Å². The predicted molar refractivity (Wildman–Crippen MR) is 61.1 cm³/mol. The van der Waals surface area contributed by atoms with E-state index in [1.54, 1.807) is 11.7 Å². The Bertz CT molecular complexity index is 540. The Morgan fingerprint density at radius 1 is 1.39 bits per heavy atom. The minimum atomic E-state index is -0.897. The van der Waals surface area contributed by atoms with E-state index in [4.69, 9.17) is 5.84 Å². The Kier molecular flexibility index (Phi) is 3.63. The van der Waals surface area contributed by atoms with Crippen LogP contribution < -0.4 is 11.3 Å². The largest absolute Gasteiger partial charge is 0.271 e. The van der Waals surface area contributed by atoms with Crippen molar-refractivity contribution in [3.05, 3.63) is 47.5 Å². The molecule has 1 aromatic carbocycles. The predicted octanol–water partition coefficient (Wildman–Crippen LogP) is 0.840. The van der Waals surface area contributed by atoms with Crippen molar-refractivity contribution in [1.29, 1.82) is 0 Å². The van der Waals surface area contributed by atoms with Gasteiger partial charge in [-0.25, -0.2) is 13.8 Å². The maximum atomic E-state index is 13.2. The first-order chi connectivity index (χ1) is 8.61. The molecule has 0 bridgehead atoms. The van der Waals surface area contributed by atoms with E-state index < -0.39 is 11.6 Å². The molecule has 18 heavy (non-hydrogen) atoms. The highest BCUT2D eigenvalue weighted by molar-refractivity contribution is 5.22. The van der Waals surface area contributed by atoms with E-state index in [2.05, 4.69) is 15.5 Å². The normalized spacial score (nSPS) is 12.7. The molecule has 1 unspecified atom stereocenters. The number of hydrazine groups is 1. The molecule has 0 aliphatic rings. The van der Waals surface area contributed by atoms with Crippen LogP contribution >= 0.6 is 0 Å². The molecule has 1 atom stereocenters. The summed E-state index contributed by atoms with van der Waals surface area (Å²) in [4.78, 5) is 4.06. The van der Waals surface area contributed by atoms with Gasteiger partial charge in [0.15, 0.2) is 11.6 Å². The maximum absolute atomic E-state index is 13.2. The van der Waals surface area contributed by atoms with Crippen LogP contribution in [0.25, 0.3) is 0 Å². The van der Waals surface area contributed by atoms with E-state index in [0.717, 1.165) is 12.1 Å². The zero-order chi connectivity index (χ0) is 13.1. The van der Waals surface area contributed by atoms with Gasteiger partial charge in [0.05, 0.1) is 6.04 Å². The van der Waals surface area contributed by atoms with E-state index in [-0.39, 0.29) is 6.04 Å². The highest BCUT2D eigenvalue weighted by Gasteiger charge is 2.15. The number of rotatable bonds is 4. The number of halogens is 2. The first kappa shape index (κ1) is 12.6. The maximum Gasteiger partial charge on any atom is 0.159 e. The summed E-state index contributed by atoms with van der Waals surface area (Å²) >= 11 is 0. The number of aryl methyl sites for hydroxylation is 1. The quantitative estimate of drug-likeness (QED) is 0.626. The summed E-state index contributed by atoms with van der Waals surface area (Å²) in [6.45, 7) is 0. The van der Waals surface area contributed by atoms with Gasteiger partial charge in [0.25, 0.3) is 0 Å². The SMILES string of the molecule is Cn1ncnc1CC(NN)c1ccc(F)c(F)c1. The van der Waals surface area contributed by atoms with Crippen LogP contribution in [-0.2, 0) is 13.5 Å². The first-order valence-corrected chi connectivity index (χ1v) is 5.35. The van der Waals surface area contributed by atoms with Crippen LogP contribution in [0.3, 0.4) is 0 Å². The molecule has 1 heterocycles. The molecule has 3 N–H and O–H groups in total. The smallest absolute Gasteiger partial charge is 0.159 e. The lowest BCUT2D eigenvalue weighted by atomic mass is 10.0. The molecule has 7 heteroatoms. The third kappa shape index (κ3) is 2.52. The van der Waals surface area contributed by atoms with Crippen molar-refractivity contribution in [2.24, 2.45) is 12.9 Å². The third-order valence-electron chi connectivity index (χ3n) is 2.74. The average molecular weight is 253 g/mol. The van der Waals surface area contributed by atoms with Crippen LogP contribution in [-0.4, -0.2) is 14.8 Å². The van der Waals surface area contributed by atoms with Gasteiger partial charge in [0, 0.05) is 13.5 Å². The van der Waals surface area contributed by atoms with Gasteiger partial charge in [-0.2, -0.15) is 5.10 Å². The minimum absolute atomic E-state index is 0.358. The Morgan fingerprint density at radius 3 is 2.72 bits per heavy atom. The standard InChI is InChI=1S/C11H13F2N5/c1-18-11(15-6-16-18)5-10(17-14)7-2-3-8(12)9(13)4-7/h2-4,6,10,17H,5,14H2,1H3. The molecule has 0 amide bonds. The van der Waals surface area contributed by atoms with Gasteiger partial charge in [-0.1, -0.05) is 6.07 Å². The van der Waals surface area contributed by atoms with Crippen molar-refractivity contribution in [1.82, 2.24) is 20.2 Å². The molecule has 0 aliphatic heterocycles. The fourth-order valence-corrected chi connectivity index (χ4v) is 1.69. The third-order valence-corrected chi connectivity index (χ3v) is 2.74. The summed E-state index contributed by atoms with van der Waals surface area (Å²) in [7, 11) is 1.75. The number of nitrogens with two attached hydrogens (primary N) is 1. The zero-order valence-electron chi connectivity index (χ0n) is 9.77. The van der Waals surface area contributed by atoms with Crippen LogP contribution in [0.4, 0.5) is 8.78 Å². The Labute approximate surface area is 103 Å². The van der Waals surface area contributed by atoms with Crippen molar-refractivity contribution >= 4 is 0 Å². The minimum Gasteiger partial charge on any atom is -0.271 e. The molecule has 0 radical (unpaired) electrons. The highest BCUT2D eigenvalue weighted by Crippen LogP contribution is 2.18. The number of hydrogen-bond donors (Lipinski definition) is 2. The summed E-state index contributed by atoms with van der Waals surface area (Å²) in [6, 6.07) is 3.32. The van der Waals surface area contributed by atoms with Crippen molar-refractivity contribution in [2.75, 3.05) is 0 Å². The number of nitrogens with zero attached hydrogens (tertiary/aromatic N) is 3. The molecule has 1 aromatic heterocycles. The van der Waals surface area contributed by atoms with Crippen molar-refractivity contribution in [2.45, 2.75) is 12.5 Å². The lowest BCUT2D eigenvalue weighted by molar-refractivity contribution is 0.491. The van der Waals surface area contributed by atoms with Gasteiger partial charge in [0.1, 0.15) is 12.2 Å². The first-order valence-electron chi connectivity index (χ1n) is 5.35. The second-order valence-electron chi connectivity index (χ2n) is 3.90. The van der Waals surface area contributed by atoms with Gasteiger partial charge < -0.3 is 0 Å². The molecule has 0 saturated heterocycles. The second-order valence-corrected chi connectivity index (χ2v) is 3.90. The van der Waals surface area contributed by atoms with Crippen molar-refractivity contribution in [3.8, 4) is 0 Å². The Hall–Kier alpha value is -1.86. The molecular weight excluding hydrogens is 240 g/mol. The van der Waals surface area contributed by atoms with E-state index in [1.807, 2.05) is 0 Å². The van der Waals surface area contributed by atoms with E-state index in [9.17, 15) is 8.78 Å². The summed E-state index contributed by atoms with van der Waals surface area (Å²) in [5, 5.41) is 3.93. The summed E-state index contributed by atoms with van der Waals surface area (Å²) in [5.41, 5.74) is 3.12. The Balaban J connectivity index is 2.23. The highest BCUT2D eigenvalue weighted by atomic mass is 19.2. The molecular formula is C11H13F2N5. The van der Waals surface area contributed by atoms with Crippen LogP contribution in [0.5, 0.6) is 0 Å². The molecule has 0 fully saturated rings. The zero-order valence-corrected chi connectivity index (χ0v) is 9.77. The van der Waals surface area contributed by atoms with Gasteiger partial charge >= 0.3 is 0 Å². The molecule has 96 valence electrons. The fraction of sp³-hybridized carbons (Fsp3) is 0.273. The van der Waals surface area contributed by atoms with Crippen LogP contribution in [0.1, 0.15) is 17.4 Å². The number of nitrogens with one attached hydrogen (secondary N) is 1. The van der Waals surface area contributed by atoms with Crippen LogP contribution in [0, 0.1) is 11.6 Å². The van der Waals surface area contributed by atoms with Crippen LogP contribution in [0.15, 0.2) is 24.5 Å². The number of hydrogen-bond acceptors (Lipinski definition) is 4. The lowest BCUT2D eigenvalue weighted by Gasteiger charge is -2.15. The summed E-state index contributed by atoms with van der Waals surface area (Å²) < 4.78 is 27.6. The lowest BCUT2D eigenvalue weighted by Crippen LogP contribution is -2.30. The molecule has 0 spiro atoms. The summed E-state index contributed by atoms with van der Waals surface area (Å²) in [6.07, 6.45) is 1.85. The van der Waals surface area contributed by atoms with E-state index >= 15 is 0 Å². The van der Waals surface area contributed by atoms with Gasteiger partial charge in [-0.05, 0) is 17.7 Å². The monoisotopic (exact) mass is 253 g/mol. The second kappa shape index (κ2) is 5.19. The molecule has 2 rings (SSSR count). The fourth-order valence-electron chi connectivity index (χ4n) is 1.69.